The van der Waals surface area contributed by atoms with Crippen LogP contribution in [-0.4, -0.2) is 41.1 Å². The number of hydrogen-bond donors (Lipinski definition) is 1. The summed E-state index contributed by atoms with van der Waals surface area (Å²) in [5.74, 6) is -0.262. The lowest BCUT2D eigenvalue weighted by Gasteiger charge is -2.21. The summed E-state index contributed by atoms with van der Waals surface area (Å²) >= 11 is 0. The molecule has 1 fully saturated rings. The van der Waals surface area contributed by atoms with Crippen molar-refractivity contribution in [2.75, 3.05) is 6.54 Å². The summed E-state index contributed by atoms with van der Waals surface area (Å²) in [4.78, 5) is 24.5. The van der Waals surface area contributed by atoms with E-state index in [2.05, 4.69) is 5.32 Å². The number of hydrogen-bond acceptors (Lipinski definition) is 4. The molecule has 2 atom stereocenters. The number of ether oxygens (including phenoxy) is 1. The van der Waals surface area contributed by atoms with E-state index in [1.54, 1.807) is 27.7 Å². The number of nitrogens with zero attached hydrogens (tertiary/aromatic N) is 2. The second-order valence-corrected chi connectivity index (χ2v) is 5.00. The maximum atomic E-state index is 11.7. The fourth-order valence-corrected chi connectivity index (χ4v) is 1.29. The van der Waals surface area contributed by atoms with E-state index in [9.17, 15) is 9.59 Å². The molecule has 0 aromatic rings. The fourth-order valence-electron chi connectivity index (χ4n) is 1.29. The highest BCUT2D eigenvalue weighted by Crippen LogP contribution is 2.17. The largest absolute Gasteiger partial charge is 0.444 e. The molecule has 0 saturated carbocycles. The van der Waals surface area contributed by atoms with Crippen molar-refractivity contribution in [1.82, 2.24) is 10.2 Å². The molecule has 0 aromatic carbocycles. The van der Waals surface area contributed by atoms with Gasteiger partial charge in [0.05, 0.1) is 12.6 Å². The molecule has 94 valence electrons. The lowest BCUT2D eigenvalue weighted by atomic mass is 10.2. The van der Waals surface area contributed by atoms with Gasteiger partial charge in [0.2, 0.25) is 5.91 Å². The maximum absolute atomic E-state index is 11.7. The Hall–Kier alpha value is -1.77. The van der Waals surface area contributed by atoms with Crippen LogP contribution in [0, 0.1) is 11.3 Å². The van der Waals surface area contributed by atoms with Gasteiger partial charge in [0.15, 0.2) is 0 Å². The molecular formula is C11H17N3O3. The third kappa shape index (κ3) is 3.94. The number of nitriles is 1. The first-order chi connectivity index (χ1) is 7.74. The van der Waals surface area contributed by atoms with Crippen LogP contribution in [0.15, 0.2) is 0 Å². The van der Waals surface area contributed by atoms with Crippen LogP contribution in [-0.2, 0) is 9.53 Å². The summed E-state index contributed by atoms with van der Waals surface area (Å²) in [6, 6.07) is 0.958. The third-order valence-corrected chi connectivity index (χ3v) is 2.15. The van der Waals surface area contributed by atoms with E-state index in [1.165, 1.54) is 4.90 Å². The maximum Gasteiger partial charge on any atom is 0.408 e. The molecule has 0 aliphatic carbocycles. The predicted molar refractivity (Wildman–Crippen MR) is 59.9 cm³/mol. The molecule has 1 N–H and O–H groups in total. The number of nitrogens with one attached hydrogen (secondary N) is 1. The van der Waals surface area contributed by atoms with Crippen LogP contribution < -0.4 is 5.32 Å². The van der Waals surface area contributed by atoms with E-state index < -0.39 is 17.7 Å². The number of carbonyl (C=O) groups excluding carboxylic acids is 2. The van der Waals surface area contributed by atoms with Crippen molar-refractivity contribution in [1.29, 1.82) is 5.26 Å². The zero-order chi connectivity index (χ0) is 13.2. The molecule has 6 heteroatoms. The first-order valence-corrected chi connectivity index (χ1v) is 5.44. The van der Waals surface area contributed by atoms with Gasteiger partial charge in [-0.3, -0.25) is 4.79 Å². The Bertz CT molecular complexity index is 367. The topological polar surface area (TPSA) is 82.2 Å². The van der Waals surface area contributed by atoms with Crippen molar-refractivity contribution in [3.8, 4) is 6.07 Å². The van der Waals surface area contributed by atoms with Gasteiger partial charge in [0.25, 0.3) is 0 Å². The van der Waals surface area contributed by atoms with E-state index in [1.807, 2.05) is 6.07 Å². The second kappa shape index (κ2) is 4.62. The molecule has 1 aliphatic rings. The van der Waals surface area contributed by atoms with Crippen LogP contribution in [0.5, 0.6) is 0 Å². The van der Waals surface area contributed by atoms with Crippen LogP contribution in [0.25, 0.3) is 0 Å². The summed E-state index contributed by atoms with van der Waals surface area (Å²) in [6.45, 7) is 7.24. The molecule has 1 unspecified atom stereocenters. The Morgan fingerprint density at radius 3 is 2.53 bits per heavy atom. The van der Waals surface area contributed by atoms with Gasteiger partial charge < -0.3 is 15.0 Å². The zero-order valence-electron chi connectivity index (χ0n) is 10.5. The van der Waals surface area contributed by atoms with E-state index in [-0.39, 0.29) is 11.9 Å². The Balaban J connectivity index is 2.40. The minimum atomic E-state index is -0.678. The highest BCUT2D eigenvalue weighted by Gasteiger charge is 2.40. The normalized spacial score (nSPS) is 20.2. The highest BCUT2D eigenvalue weighted by atomic mass is 16.6. The van der Waals surface area contributed by atoms with Gasteiger partial charge in [-0.25, -0.2) is 4.79 Å². The molecule has 1 rings (SSSR count). The van der Waals surface area contributed by atoms with Crippen LogP contribution in [0.3, 0.4) is 0 Å². The average Bonchev–Trinajstić information content (AvgIpc) is 2.91. The van der Waals surface area contributed by atoms with Crippen molar-refractivity contribution in [3.05, 3.63) is 0 Å². The summed E-state index contributed by atoms with van der Waals surface area (Å²) in [5.41, 5.74) is -0.595. The number of amides is 2. The van der Waals surface area contributed by atoms with Gasteiger partial charge in [-0.1, -0.05) is 0 Å². The monoisotopic (exact) mass is 239 g/mol. The molecule has 1 heterocycles. The first kappa shape index (κ1) is 13.3. The minimum absolute atomic E-state index is 0.262. The van der Waals surface area contributed by atoms with Gasteiger partial charge in [-0.15, -0.1) is 0 Å². The Morgan fingerprint density at radius 1 is 1.53 bits per heavy atom. The van der Waals surface area contributed by atoms with Crippen LogP contribution in [0.2, 0.25) is 0 Å². The van der Waals surface area contributed by atoms with Gasteiger partial charge in [0.1, 0.15) is 17.7 Å². The lowest BCUT2D eigenvalue weighted by molar-refractivity contribution is -0.127. The predicted octanol–water partition coefficient (Wildman–Crippen LogP) is 0.634. The molecule has 0 radical (unpaired) electrons. The first-order valence-electron chi connectivity index (χ1n) is 5.44. The van der Waals surface area contributed by atoms with Crippen molar-refractivity contribution in [2.24, 2.45) is 0 Å². The lowest BCUT2D eigenvalue weighted by Crippen LogP contribution is -2.44. The van der Waals surface area contributed by atoms with E-state index in [4.69, 9.17) is 10.00 Å². The van der Waals surface area contributed by atoms with Crippen LogP contribution in [0.4, 0.5) is 4.79 Å². The van der Waals surface area contributed by atoms with Crippen molar-refractivity contribution in [3.63, 3.8) is 0 Å². The van der Waals surface area contributed by atoms with Crippen LogP contribution in [0.1, 0.15) is 27.7 Å². The molecule has 17 heavy (non-hydrogen) atoms. The molecule has 6 nitrogen and oxygen atoms in total. The molecule has 0 aromatic heterocycles. The highest BCUT2D eigenvalue weighted by molar-refractivity contribution is 5.87. The van der Waals surface area contributed by atoms with Gasteiger partial charge in [-0.2, -0.15) is 5.26 Å². The van der Waals surface area contributed by atoms with Crippen molar-refractivity contribution >= 4 is 12.0 Å². The van der Waals surface area contributed by atoms with E-state index in [0.29, 0.717) is 6.54 Å². The molecule has 2 amide bonds. The standard InChI is InChI=1S/C11H17N3O3/c1-7(9(15)14-6-8(14)5-12)13-10(16)17-11(2,3)4/h7-8H,6H2,1-4H3,(H,13,16)/t7-,8?,14?/m0/s1. The molecule has 0 bridgehead atoms. The average molecular weight is 239 g/mol. The van der Waals surface area contributed by atoms with E-state index >= 15 is 0 Å². The zero-order valence-corrected chi connectivity index (χ0v) is 10.5. The Morgan fingerprint density at radius 2 is 2.12 bits per heavy atom. The van der Waals surface area contributed by atoms with Gasteiger partial charge in [0, 0.05) is 0 Å². The summed E-state index contributed by atoms with van der Waals surface area (Å²) < 4.78 is 5.03. The van der Waals surface area contributed by atoms with Gasteiger partial charge in [-0.05, 0) is 27.7 Å². The molecule has 1 aliphatic heterocycles. The summed E-state index contributed by atoms with van der Waals surface area (Å²) in [7, 11) is 0. The number of alkyl carbamates (subject to hydrolysis) is 1. The smallest absolute Gasteiger partial charge is 0.408 e. The second-order valence-electron chi connectivity index (χ2n) is 5.00. The quantitative estimate of drug-likeness (QED) is 0.717. The Kier molecular flexibility index (Phi) is 3.61. The van der Waals surface area contributed by atoms with Crippen molar-refractivity contribution < 1.29 is 14.3 Å². The number of rotatable bonds is 2. The Labute approximate surface area is 101 Å². The molecule has 1 saturated heterocycles. The van der Waals surface area contributed by atoms with E-state index in [0.717, 1.165) is 0 Å². The SMILES string of the molecule is C[C@H](NC(=O)OC(C)(C)C)C(=O)N1CC1C#N. The molecule has 0 spiro atoms. The van der Waals surface area contributed by atoms with Gasteiger partial charge >= 0.3 is 6.09 Å². The third-order valence-electron chi connectivity index (χ3n) is 2.15. The van der Waals surface area contributed by atoms with Crippen LogP contribution >= 0.6 is 0 Å². The fraction of sp³-hybridized carbons (Fsp3) is 0.727. The summed E-state index contributed by atoms with van der Waals surface area (Å²) in [6.07, 6.45) is -0.631. The number of carbonyl (C=O) groups is 2. The van der Waals surface area contributed by atoms with Crippen molar-refractivity contribution in [2.45, 2.75) is 45.4 Å². The summed E-state index contributed by atoms with van der Waals surface area (Å²) in [5, 5.41) is 11.0. The minimum Gasteiger partial charge on any atom is -0.444 e. The molecular weight excluding hydrogens is 222 g/mol.